The minimum Gasteiger partial charge on any atom is -0.456 e. The summed E-state index contributed by atoms with van der Waals surface area (Å²) in [5.74, 6) is 2.57. The van der Waals surface area contributed by atoms with E-state index >= 15 is 0 Å². The van der Waals surface area contributed by atoms with Crippen molar-refractivity contribution in [3.05, 3.63) is 24.3 Å². The van der Waals surface area contributed by atoms with Crippen LogP contribution in [0.4, 0.5) is 0 Å². The topological polar surface area (TPSA) is 66.8 Å². The van der Waals surface area contributed by atoms with E-state index in [0.29, 0.717) is 33.8 Å². The zero-order valence-electron chi connectivity index (χ0n) is 29.0. The van der Waals surface area contributed by atoms with Crippen LogP contribution < -0.4 is 0 Å². The number of aliphatic hydroxyl groups is 1. The van der Waals surface area contributed by atoms with E-state index in [9.17, 15) is 14.7 Å². The molecule has 260 valence electrons. The molecule has 0 heterocycles. The number of allylic oxidation sites excluding steroid dienone is 1. The zero-order valence-corrected chi connectivity index (χ0v) is 31.3. The zero-order chi connectivity index (χ0) is 34.0. The first-order valence-electron chi connectivity index (χ1n) is 15.9. The summed E-state index contributed by atoms with van der Waals surface area (Å²) in [7, 11) is 0. The van der Waals surface area contributed by atoms with Gasteiger partial charge in [0.1, 0.15) is 5.60 Å². The van der Waals surface area contributed by atoms with E-state index < -0.39 is 5.24 Å². The average Bonchev–Trinajstić information content (AvgIpc) is 2.89. The Labute approximate surface area is 286 Å². The number of carbonyl (C=O) groups excluding carboxylic acids is 2. The fourth-order valence-electron chi connectivity index (χ4n) is 7.47. The van der Waals surface area contributed by atoms with E-state index in [1.54, 1.807) is 13.8 Å². The fraction of sp³-hybridized carbons (Fsp3) is 0.833. The van der Waals surface area contributed by atoms with Gasteiger partial charge in [-0.25, -0.2) is 4.79 Å². The maximum Gasteiger partial charge on any atom is 0.333 e. The maximum absolute atomic E-state index is 11.7. The molecular formula is C36H66Cl3NO4. The lowest BCUT2D eigenvalue weighted by Gasteiger charge is -2.63. The molecular weight excluding hydrogens is 617 g/mol. The summed E-state index contributed by atoms with van der Waals surface area (Å²) in [4.78, 5) is 23.9. The first-order valence-corrected chi connectivity index (χ1v) is 17.4. The van der Waals surface area contributed by atoms with Gasteiger partial charge in [0.15, 0.2) is 0 Å². The summed E-state index contributed by atoms with van der Waals surface area (Å²) >= 11 is 14.4. The summed E-state index contributed by atoms with van der Waals surface area (Å²) < 4.78 is 5.69. The van der Waals surface area contributed by atoms with Crippen LogP contribution in [-0.2, 0) is 14.3 Å². The Bertz CT molecular complexity index is 899. The number of hydrogen-bond donors (Lipinski definition) is 1. The van der Waals surface area contributed by atoms with Gasteiger partial charge >= 0.3 is 5.97 Å². The minimum atomic E-state index is -0.463. The number of carbonyl (C=O) groups is 2. The van der Waals surface area contributed by atoms with Crippen molar-refractivity contribution >= 4 is 46.0 Å². The van der Waals surface area contributed by atoms with Crippen molar-refractivity contribution in [2.24, 2.45) is 34.5 Å². The molecule has 6 aliphatic carbocycles. The summed E-state index contributed by atoms with van der Waals surface area (Å²) in [5.41, 5.74) is 1.01. The first kappa shape index (κ1) is 45.5. The Morgan fingerprint density at radius 2 is 1.18 bits per heavy atom. The van der Waals surface area contributed by atoms with Gasteiger partial charge in [-0.05, 0) is 126 Å². The van der Waals surface area contributed by atoms with Crippen molar-refractivity contribution < 1.29 is 19.4 Å². The number of hydrogen-bond acceptors (Lipinski definition) is 5. The molecule has 0 aromatic heterocycles. The van der Waals surface area contributed by atoms with Gasteiger partial charge in [-0.15, -0.1) is 23.2 Å². The van der Waals surface area contributed by atoms with Gasteiger partial charge < -0.3 is 14.7 Å². The SMILES string of the molecule is C.C=C(C)C(=O)Cl.C=C(C)C(=O)OC1(C)CCC2CC1C2(C)C.CC1(O)CCC2CC1C2(C)C.CCN(CC)CC.ClCCl. The Morgan fingerprint density at radius 1 is 0.818 bits per heavy atom. The minimum absolute atomic E-state index is 0. The molecule has 0 saturated heterocycles. The number of esters is 1. The van der Waals surface area contributed by atoms with Crippen LogP contribution >= 0.6 is 34.8 Å². The van der Waals surface area contributed by atoms with Gasteiger partial charge in [0.2, 0.25) is 5.24 Å². The van der Waals surface area contributed by atoms with Crippen molar-refractivity contribution in [2.45, 2.75) is 133 Å². The van der Waals surface area contributed by atoms with Gasteiger partial charge in [-0.3, -0.25) is 4.79 Å². The van der Waals surface area contributed by atoms with Crippen LogP contribution in [0.5, 0.6) is 0 Å². The highest BCUT2D eigenvalue weighted by Gasteiger charge is 2.61. The quantitative estimate of drug-likeness (QED) is 0.131. The van der Waals surface area contributed by atoms with E-state index in [1.807, 2.05) is 6.92 Å². The smallest absolute Gasteiger partial charge is 0.333 e. The summed E-state index contributed by atoms with van der Waals surface area (Å²) in [6, 6.07) is 0. The molecule has 4 bridgehead atoms. The molecule has 6 atom stereocenters. The van der Waals surface area contributed by atoms with E-state index in [4.69, 9.17) is 39.5 Å². The molecule has 0 aliphatic heterocycles. The van der Waals surface area contributed by atoms with Crippen LogP contribution in [0.1, 0.15) is 122 Å². The number of alkyl halides is 2. The van der Waals surface area contributed by atoms with Crippen LogP contribution in [0.15, 0.2) is 24.3 Å². The maximum atomic E-state index is 11.7. The molecule has 0 aromatic carbocycles. The molecule has 44 heavy (non-hydrogen) atoms. The molecule has 0 aromatic rings. The highest BCUT2D eigenvalue weighted by molar-refractivity contribution is 6.67. The van der Waals surface area contributed by atoms with Crippen LogP contribution in [0.3, 0.4) is 0 Å². The van der Waals surface area contributed by atoms with Crippen molar-refractivity contribution in [2.75, 3.05) is 25.0 Å². The molecule has 6 fully saturated rings. The molecule has 0 spiro atoms. The van der Waals surface area contributed by atoms with E-state index in [1.165, 1.54) is 45.3 Å². The summed E-state index contributed by atoms with van der Waals surface area (Å²) in [6.07, 6.45) is 6.92. The molecule has 8 heteroatoms. The first-order chi connectivity index (χ1) is 19.6. The third kappa shape index (κ3) is 12.2. The molecule has 6 aliphatic rings. The second-order valence-corrected chi connectivity index (χ2v) is 15.5. The number of rotatable bonds is 6. The lowest BCUT2D eigenvalue weighted by atomic mass is 9.44. The monoisotopic (exact) mass is 681 g/mol. The molecule has 0 amide bonds. The molecule has 6 unspecified atom stereocenters. The van der Waals surface area contributed by atoms with Crippen molar-refractivity contribution in [3.63, 3.8) is 0 Å². The Morgan fingerprint density at radius 3 is 1.39 bits per heavy atom. The number of fused-ring (bicyclic) bond motifs is 4. The molecule has 6 rings (SSSR count). The van der Waals surface area contributed by atoms with Gasteiger partial charge in [0.25, 0.3) is 0 Å². The number of nitrogens with zero attached hydrogens (tertiary/aromatic N) is 1. The van der Waals surface area contributed by atoms with Crippen LogP contribution in [0.2, 0.25) is 0 Å². The fourth-order valence-corrected chi connectivity index (χ4v) is 7.47. The predicted molar refractivity (Wildman–Crippen MR) is 192 cm³/mol. The standard InChI is InChI=1S/C14H22O2.C10H18O.C6H15N.C4H5ClO.CH2Cl2.CH4/c1-9(2)12(15)16-14(5)7-6-10-8-11(14)13(10,3)4;1-9(2)7-4-5-10(3,11)8(9)6-7;1-4-7(5-2)6-3;1-3(2)4(5)6;2-1-3;/h10-11H,1,6-8H2,2-5H3;7-8,11H,4-6H2,1-3H3;4-6H2,1-3H3;1H2,2H3;1H2;1H4. The third-order valence-electron chi connectivity index (χ3n) is 10.8. The second kappa shape index (κ2) is 19.3. The van der Waals surface area contributed by atoms with Crippen molar-refractivity contribution in [3.8, 4) is 0 Å². The van der Waals surface area contributed by atoms with Crippen LogP contribution in [0.25, 0.3) is 0 Å². The largest absolute Gasteiger partial charge is 0.456 e. The predicted octanol–water partition coefficient (Wildman–Crippen LogP) is 10.2. The molecule has 0 radical (unpaired) electrons. The number of ether oxygens (including phenoxy) is 1. The Kier molecular flexibility index (Phi) is 20.0. The van der Waals surface area contributed by atoms with Gasteiger partial charge in [-0.2, -0.15) is 0 Å². The summed E-state index contributed by atoms with van der Waals surface area (Å²) in [5, 5.41) is 9.75. The highest BCUT2D eigenvalue weighted by atomic mass is 35.5. The normalized spacial score (nSPS) is 30.9. The van der Waals surface area contributed by atoms with E-state index in [0.717, 1.165) is 24.7 Å². The van der Waals surface area contributed by atoms with Crippen LogP contribution in [-0.4, -0.2) is 57.4 Å². The van der Waals surface area contributed by atoms with E-state index in [2.05, 4.69) is 73.4 Å². The Balaban J connectivity index is 0. The van der Waals surface area contributed by atoms with Gasteiger partial charge in [0, 0.05) is 17.1 Å². The van der Waals surface area contributed by atoms with Gasteiger partial charge in [-0.1, -0.05) is 69.1 Å². The van der Waals surface area contributed by atoms with Gasteiger partial charge in [0.05, 0.1) is 10.9 Å². The van der Waals surface area contributed by atoms with Crippen molar-refractivity contribution in [1.29, 1.82) is 0 Å². The average molecular weight is 683 g/mol. The Hall–Kier alpha value is -0.590. The number of halogens is 3. The third-order valence-corrected chi connectivity index (χ3v) is 11.1. The van der Waals surface area contributed by atoms with E-state index in [-0.39, 0.29) is 29.9 Å². The highest BCUT2D eigenvalue weighted by Crippen LogP contribution is 2.64. The lowest BCUT2D eigenvalue weighted by molar-refractivity contribution is -0.215. The summed E-state index contributed by atoms with van der Waals surface area (Å²) in [6.45, 7) is 33.6. The molecule has 1 N–H and O–H groups in total. The molecule has 6 saturated carbocycles. The van der Waals surface area contributed by atoms with Crippen LogP contribution in [0, 0.1) is 34.5 Å². The second-order valence-electron chi connectivity index (χ2n) is 14.3. The van der Waals surface area contributed by atoms with Crippen molar-refractivity contribution in [1.82, 2.24) is 4.90 Å². The molecule has 5 nitrogen and oxygen atoms in total. The lowest BCUT2D eigenvalue weighted by Crippen LogP contribution is -2.61.